The number of hydrogen-bond donors (Lipinski definition) is 2. The molecule has 5 nitrogen and oxygen atoms in total. The second kappa shape index (κ2) is 9.42. The second-order valence-corrected chi connectivity index (χ2v) is 7.05. The molecular weight excluding hydrogens is 306 g/mol. The molecule has 1 atom stereocenters. The van der Waals surface area contributed by atoms with Gasteiger partial charge in [-0.05, 0) is 46.1 Å². The van der Waals surface area contributed by atoms with Crippen LogP contribution in [0.25, 0.3) is 0 Å². The molecule has 0 heterocycles. The number of carboxylic acid groups (broad SMARTS) is 1. The molecule has 5 heteroatoms. The maximum atomic E-state index is 11.9. The highest BCUT2D eigenvalue weighted by molar-refractivity contribution is 5.83. The Labute approximate surface area is 144 Å². The monoisotopic (exact) mass is 335 g/mol. The average molecular weight is 335 g/mol. The van der Waals surface area contributed by atoms with Gasteiger partial charge in [0.25, 0.3) is 0 Å². The standard InChI is InChI=1S/C19H29NO4/c1-14-8-10-15(11-9-14)6-5-7-17(21)20-16(18(22)23)12-13-24-19(2,3)4/h8-11,16H,5-7,12-13H2,1-4H3,(H,20,21)(H,22,23). The van der Waals surface area contributed by atoms with E-state index in [-0.39, 0.29) is 17.9 Å². The maximum absolute atomic E-state index is 11.9. The SMILES string of the molecule is Cc1ccc(CCCC(=O)NC(CCOC(C)(C)C)C(=O)O)cc1. The van der Waals surface area contributed by atoms with Crippen molar-refractivity contribution in [3.05, 3.63) is 35.4 Å². The summed E-state index contributed by atoms with van der Waals surface area (Å²) < 4.78 is 5.53. The molecule has 0 aliphatic heterocycles. The van der Waals surface area contributed by atoms with Crippen molar-refractivity contribution in [1.29, 1.82) is 0 Å². The molecule has 134 valence electrons. The Morgan fingerprint density at radius 3 is 2.38 bits per heavy atom. The van der Waals surface area contributed by atoms with Crippen molar-refractivity contribution >= 4 is 11.9 Å². The van der Waals surface area contributed by atoms with Gasteiger partial charge in [0.05, 0.1) is 5.60 Å². The zero-order valence-electron chi connectivity index (χ0n) is 15.1. The lowest BCUT2D eigenvalue weighted by Gasteiger charge is -2.21. The topological polar surface area (TPSA) is 75.6 Å². The van der Waals surface area contributed by atoms with E-state index in [1.54, 1.807) is 0 Å². The number of carbonyl (C=O) groups is 2. The van der Waals surface area contributed by atoms with Crippen molar-refractivity contribution < 1.29 is 19.4 Å². The van der Waals surface area contributed by atoms with Crippen LogP contribution in [0.4, 0.5) is 0 Å². The van der Waals surface area contributed by atoms with Gasteiger partial charge in [0.1, 0.15) is 6.04 Å². The minimum absolute atomic E-state index is 0.231. The third-order valence-corrected chi connectivity index (χ3v) is 3.56. The largest absolute Gasteiger partial charge is 0.480 e. The van der Waals surface area contributed by atoms with Crippen LogP contribution in [-0.2, 0) is 20.7 Å². The van der Waals surface area contributed by atoms with Crippen molar-refractivity contribution in [2.24, 2.45) is 0 Å². The summed E-state index contributed by atoms with van der Waals surface area (Å²) in [6.45, 7) is 8.06. The molecule has 0 aliphatic rings. The fourth-order valence-corrected chi connectivity index (χ4v) is 2.21. The summed E-state index contributed by atoms with van der Waals surface area (Å²) in [5.74, 6) is -1.26. The molecule has 1 amide bonds. The van der Waals surface area contributed by atoms with Gasteiger partial charge in [-0.2, -0.15) is 0 Å². The summed E-state index contributed by atoms with van der Waals surface area (Å²) in [4.78, 5) is 23.2. The Kier molecular flexibility index (Phi) is 7.92. The number of hydrogen-bond acceptors (Lipinski definition) is 3. The van der Waals surface area contributed by atoms with E-state index < -0.39 is 12.0 Å². The minimum atomic E-state index is -1.03. The van der Waals surface area contributed by atoms with Crippen molar-refractivity contribution in [1.82, 2.24) is 5.32 Å². The normalized spacial score (nSPS) is 12.7. The van der Waals surface area contributed by atoms with Crippen LogP contribution in [0.2, 0.25) is 0 Å². The van der Waals surface area contributed by atoms with Crippen molar-refractivity contribution in [3.8, 4) is 0 Å². The summed E-state index contributed by atoms with van der Waals surface area (Å²) in [6.07, 6.45) is 2.08. The van der Waals surface area contributed by atoms with Gasteiger partial charge in [-0.3, -0.25) is 4.79 Å². The van der Waals surface area contributed by atoms with Gasteiger partial charge in [0.2, 0.25) is 5.91 Å². The highest BCUT2D eigenvalue weighted by Crippen LogP contribution is 2.09. The second-order valence-electron chi connectivity index (χ2n) is 7.05. The zero-order valence-corrected chi connectivity index (χ0v) is 15.1. The van der Waals surface area contributed by atoms with Crippen LogP contribution in [-0.4, -0.2) is 35.2 Å². The molecule has 1 aromatic carbocycles. The molecule has 0 aromatic heterocycles. The number of ether oxygens (including phenoxy) is 1. The molecule has 0 radical (unpaired) electrons. The highest BCUT2D eigenvalue weighted by Gasteiger charge is 2.20. The molecule has 0 saturated carbocycles. The first-order valence-corrected chi connectivity index (χ1v) is 8.39. The van der Waals surface area contributed by atoms with Gasteiger partial charge >= 0.3 is 5.97 Å². The van der Waals surface area contributed by atoms with Crippen LogP contribution in [0.15, 0.2) is 24.3 Å². The van der Waals surface area contributed by atoms with E-state index in [1.807, 2.05) is 39.8 Å². The van der Waals surface area contributed by atoms with Crippen LogP contribution < -0.4 is 5.32 Å². The molecule has 0 aliphatic carbocycles. The maximum Gasteiger partial charge on any atom is 0.326 e. The van der Waals surface area contributed by atoms with Crippen molar-refractivity contribution in [2.75, 3.05) is 6.61 Å². The molecule has 0 spiro atoms. The average Bonchev–Trinajstić information content (AvgIpc) is 2.47. The first-order chi connectivity index (χ1) is 11.2. The fourth-order valence-electron chi connectivity index (χ4n) is 2.21. The van der Waals surface area contributed by atoms with Crippen molar-refractivity contribution in [3.63, 3.8) is 0 Å². The molecule has 0 saturated heterocycles. The Hall–Kier alpha value is -1.88. The third kappa shape index (κ3) is 8.67. The smallest absolute Gasteiger partial charge is 0.326 e. The van der Waals surface area contributed by atoms with Gasteiger partial charge in [0, 0.05) is 19.4 Å². The number of benzene rings is 1. The Morgan fingerprint density at radius 2 is 1.83 bits per heavy atom. The van der Waals surface area contributed by atoms with E-state index in [4.69, 9.17) is 4.74 Å². The molecule has 2 N–H and O–H groups in total. The molecule has 1 aromatic rings. The fraction of sp³-hybridized carbons (Fsp3) is 0.579. The predicted molar refractivity (Wildman–Crippen MR) is 94.0 cm³/mol. The lowest BCUT2D eigenvalue weighted by molar-refractivity contribution is -0.142. The predicted octanol–water partition coefficient (Wildman–Crippen LogP) is 3.09. The van der Waals surface area contributed by atoms with Crippen LogP contribution in [0.5, 0.6) is 0 Å². The summed E-state index contributed by atoms with van der Waals surface area (Å²) in [5.41, 5.74) is 2.07. The van der Waals surface area contributed by atoms with Crippen LogP contribution in [0, 0.1) is 6.92 Å². The van der Waals surface area contributed by atoms with E-state index in [1.165, 1.54) is 11.1 Å². The molecule has 1 rings (SSSR count). The molecular formula is C19H29NO4. The van der Waals surface area contributed by atoms with E-state index >= 15 is 0 Å². The third-order valence-electron chi connectivity index (χ3n) is 3.56. The number of carboxylic acids is 1. The lowest BCUT2D eigenvalue weighted by atomic mass is 10.1. The quantitative estimate of drug-likeness (QED) is 0.727. The number of carbonyl (C=O) groups excluding carboxylic acids is 1. The van der Waals surface area contributed by atoms with E-state index in [2.05, 4.69) is 17.4 Å². The first kappa shape index (κ1) is 20.2. The Morgan fingerprint density at radius 1 is 1.21 bits per heavy atom. The number of nitrogens with one attached hydrogen (secondary N) is 1. The van der Waals surface area contributed by atoms with Crippen LogP contribution in [0.3, 0.4) is 0 Å². The number of rotatable bonds is 9. The van der Waals surface area contributed by atoms with Crippen LogP contribution in [0.1, 0.15) is 51.2 Å². The van der Waals surface area contributed by atoms with Crippen molar-refractivity contribution in [2.45, 2.75) is 65.0 Å². The highest BCUT2D eigenvalue weighted by atomic mass is 16.5. The van der Waals surface area contributed by atoms with E-state index in [9.17, 15) is 14.7 Å². The summed E-state index contributed by atoms with van der Waals surface area (Å²) in [6, 6.07) is 7.30. The first-order valence-electron chi connectivity index (χ1n) is 8.39. The van der Waals surface area contributed by atoms with Gasteiger partial charge in [-0.1, -0.05) is 29.8 Å². The summed E-state index contributed by atoms with van der Waals surface area (Å²) in [5, 5.41) is 11.8. The van der Waals surface area contributed by atoms with Gasteiger partial charge in [0.15, 0.2) is 0 Å². The van der Waals surface area contributed by atoms with E-state index in [0.717, 1.165) is 6.42 Å². The van der Waals surface area contributed by atoms with Gasteiger partial charge in [-0.15, -0.1) is 0 Å². The lowest BCUT2D eigenvalue weighted by Crippen LogP contribution is -2.42. The summed E-state index contributed by atoms with van der Waals surface area (Å²) >= 11 is 0. The Bertz CT molecular complexity index is 531. The molecule has 1 unspecified atom stereocenters. The number of aliphatic carboxylic acids is 1. The number of amides is 1. The minimum Gasteiger partial charge on any atom is -0.480 e. The van der Waals surface area contributed by atoms with Gasteiger partial charge < -0.3 is 15.2 Å². The Balaban J connectivity index is 2.34. The number of aryl methyl sites for hydroxylation is 2. The molecule has 0 fully saturated rings. The van der Waals surface area contributed by atoms with Crippen LogP contribution >= 0.6 is 0 Å². The molecule has 0 bridgehead atoms. The molecule has 24 heavy (non-hydrogen) atoms. The van der Waals surface area contributed by atoms with E-state index in [0.29, 0.717) is 19.4 Å². The van der Waals surface area contributed by atoms with Gasteiger partial charge in [-0.25, -0.2) is 4.79 Å². The summed E-state index contributed by atoms with van der Waals surface area (Å²) in [7, 11) is 0. The zero-order chi connectivity index (χ0) is 18.2.